The van der Waals surface area contributed by atoms with Crippen molar-refractivity contribution in [3.8, 4) is 22.5 Å². The number of ether oxygens (including phenoxy) is 4. The molecule has 50 heavy (non-hydrogen) atoms. The van der Waals surface area contributed by atoms with Crippen LogP contribution in [0.15, 0.2) is 48.5 Å². The number of aryl methyl sites for hydroxylation is 1. The number of unbranched alkanes of at least 4 members (excludes halogenated alkanes) is 2. The van der Waals surface area contributed by atoms with Gasteiger partial charge in [0.2, 0.25) is 12.1 Å². The van der Waals surface area contributed by atoms with E-state index in [0.717, 1.165) is 34.3 Å². The van der Waals surface area contributed by atoms with Gasteiger partial charge in [-0.05, 0) is 48.1 Å². The van der Waals surface area contributed by atoms with Crippen molar-refractivity contribution in [2.24, 2.45) is 0 Å². The topological polar surface area (TPSA) is 202 Å². The first-order valence-corrected chi connectivity index (χ1v) is 16.2. The van der Waals surface area contributed by atoms with E-state index < -0.39 is 24.5 Å². The fraction of sp³-hybridized carbons (Fsp3) is 0.406. The molecule has 18 heteroatoms. The Morgan fingerprint density at radius 2 is 1.66 bits per heavy atom. The molecule has 2 heterocycles. The summed E-state index contributed by atoms with van der Waals surface area (Å²) in [6, 6.07) is 15.0. The maximum atomic E-state index is 13.2. The van der Waals surface area contributed by atoms with E-state index in [4.69, 9.17) is 41.0 Å². The van der Waals surface area contributed by atoms with Gasteiger partial charge in [-0.2, -0.15) is 0 Å². The summed E-state index contributed by atoms with van der Waals surface area (Å²) in [5.74, 6) is 0.0151. The van der Waals surface area contributed by atoms with Gasteiger partial charge in [-0.3, -0.25) is 15.3 Å². The molecule has 0 saturated heterocycles. The summed E-state index contributed by atoms with van der Waals surface area (Å²) >= 11 is 6.45. The summed E-state index contributed by atoms with van der Waals surface area (Å²) in [5, 5.41) is 28.8. The van der Waals surface area contributed by atoms with Gasteiger partial charge in [0, 0.05) is 25.5 Å². The standard InChI is InChI=1S/C32H38ClN7O10/c1-4-6-13-26-34-28(33)27(30(41)49-21(3)50-32(43)46-5-2)38(26)20-22-14-16-23(17-15-22)24-11-7-8-12-25(24)29-35-37-39(36-29)31(42)47-18-9-10-19-48-40(44)45/h7-8,11-12,14-17,21,44-45H,4-6,9-10,13,18-20H2,1-3H3. The van der Waals surface area contributed by atoms with Crippen molar-refractivity contribution in [3.63, 3.8) is 0 Å². The minimum absolute atomic E-state index is 0.0221. The van der Waals surface area contributed by atoms with Crippen LogP contribution in [0.4, 0.5) is 9.59 Å². The number of rotatable bonds is 17. The Morgan fingerprint density at radius 3 is 2.36 bits per heavy atom. The van der Waals surface area contributed by atoms with E-state index in [1.165, 1.54) is 6.92 Å². The van der Waals surface area contributed by atoms with Crippen LogP contribution in [0.5, 0.6) is 0 Å². The fourth-order valence-electron chi connectivity index (χ4n) is 4.74. The van der Waals surface area contributed by atoms with Crippen LogP contribution in [0.3, 0.4) is 0 Å². The molecule has 0 spiro atoms. The third kappa shape index (κ3) is 10.5. The SMILES string of the molecule is CCCCc1nc(Cl)c(C(=O)OC(C)OC(=O)OCC)n1Cc1ccc(-c2ccccc2-c2nnn(C(=O)OCCCCON(O)O)n2)cc1. The van der Waals surface area contributed by atoms with Crippen LogP contribution in [0.1, 0.15) is 68.3 Å². The Bertz CT molecular complexity index is 1730. The Labute approximate surface area is 292 Å². The van der Waals surface area contributed by atoms with E-state index in [1.807, 2.05) is 49.4 Å². The average molecular weight is 716 g/mol. The maximum absolute atomic E-state index is 13.2. The van der Waals surface area contributed by atoms with Crippen LogP contribution in [0.2, 0.25) is 5.15 Å². The molecule has 2 N–H and O–H groups in total. The molecule has 1 atom stereocenters. The second kappa shape index (κ2) is 18.7. The van der Waals surface area contributed by atoms with E-state index >= 15 is 0 Å². The van der Waals surface area contributed by atoms with Crippen molar-refractivity contribution in [1.29, 1.82) is 0 Å². The van der Waals surface area contributed by atoms with Gasteiger partial charge < -0.3 is 23.5 Å². The molecule has 0 fully saturated rings. The number of esters is 1. The molecule has 17 nitrogen and oxygen atoms in total. The highest BCUT2D eigenvalue weighted by molar-refractivity contribution is 6.32. The second-order valence-electron chi connectivity index (χ2n) is 10.7. The lowest BCUT2D eigenvalue weighted by molar-refractivity contribution is -0.492. The molecular formula is C32H38ClN7O10. The Morgan fingerprint density at radius 1 is 0.940 bits per heavy atom. The normalized spacial score (nSPS) is 11.7. The van der Waals surface area contributed by atoms with Crippen molar-refractivity contribution >= 4 is 29.8 Å². The molecule has 0 aliphatic rings. The minimum atomic E-state index is -1.22. The van der Waals surface area contributed by atoms with Gasteiger partial charge >= 0.3 is 18.2 Å². The van der Waals surface area contributed by atoms with Gasteiger partial charge in [0.05, 0.1) is 25.2 Å². The van der Waals surface area contributed by atoms with Crippen LogP contribution in [0, 0.1) is 0 Å². The quantitative estimate of drug-likeness (QED) is 0.0442. The number of hydrogen-bond acceptors (Lipinski definition) is 15. The summed E-state index contributed by atoms with van der Waals surface area (Å²) in [5.41, 5.74) is 3.11. The van der Waals surface area contributed by atoms with Crippen molar-refractivity contribution in [2.75, 3.05) is 19.8 Å². The highest BCUT2D eigenvalue weighted by Gasteiger charge is 2.26. The number of hydrogen-bond donors (Lipinski definition) is 2. The average Bonchev–Trinajstić information content (AvgIpc) is 3.70. The van der Waals surface area contributed by atoms with Crippen LogP contribution in [-0.2, 0) is 36.8 Å². The number of aromatic nitrogens is 6. The zero-order valence-corrected chi connectivity index (χ0v) is 28.5. The maximum Gasteiger partial charge on any atom is 0.511 e. The minimum Gasteiger partial charge on any atom is -0.447 e. The van der Waals surface area contributed by atoms with Crippen molar-refractivity contribution in [1.82, 2.24) is 35.1 Å². The molecule has 268 valence electrons. The molecule has 0 aliphatic carbocycles. The summed E-state index contributed by atoms with van der Waals surface area (Å²) in [4.78, 5) is 47.0. The Hall–Kier alpha value is -4.94. The number of nitrogens with zero attached hydrogens (tertiary/aromatic N) is 7. The largest absolute Gasteiger partial charge is 0.511 e. The van der Waals surface area contributed by atoms with E-state index in [2.05, 4.69) is 25.2 Å². The smallest absolute Gasteiger partial charge is 0.447 e. The van der Waals surface area contributed by atoms with Crippen molar-refractivity contribution in [2.45, 2.75) is 65.7 Å². The van der Waals surface area contributed by atoms with Crippen LogP contribution in [-0.4, -0.2) is 89.9 Å². The second-order valence-corrected chi connectivity index (χ2v) is 11.0. The van der Waals surface area contributed by atoms with Crippen LogP contribution < -0.4 is 0 Å². The highest BCUT2D eigenvalue weighted by Crippen LogP contribution is 2.30. The molecule has 4 rings (SSSR count). The van der Waals surface area contributed by atoms with E-state index in [-0.39, 0.29) is 48.4 Å². The third-order valence-electron chi connectivity index (χ3n) is 7.07. The van der Waals surface area contributed by atoms with Crippen LogP contribution in [0.25, 0.3) is 22.5 Å². The molecule has 4 aromatic rings. The van der Waals surface area contributed by atoms with Crippen molar-refractivity contribution < 1.29 is 48.6 Å². The number of carbonyl (C=O) groups excluding carboxylic acids is 3. The number of tetrazole rings is 1. The molecular weight excluding hydrogens is 678 g/mol. The van der Waals surface area contributed by atoms with E-state index in [9.17, 15) is 14.4 Å². The molecule has 0 saturated carbocycles. The van der Waals surface area contributed by atoms with Gasteiger partial charge in [-0.25, -0.2) is 19.4 Å². The number of imidazole rings is 1. The van der Waals surface area contributed by atoms with Gasteiger partial charge in [0.1, 0.15) is 5.82 Å². The zero-order valence-electron chi connectivity index (χ0n) is 27.7. The van der Waals surface area contributed by atoms with Gasteiger partial charge in [-0.1, -0.05) is 78.3 Å². The van der Waals surface area contributed by atoms with Gasteiger partial charge in [0.15, 0.2) is 10.8 Å². The van der Waals surface area contributed by atoms with E-state index in [1.54, 1.807) is 17.6 Å². The zero-order chi connectivity index (χ0) is 36.0. The molecule has 0 bridgehead atoms. The number of carbonyl (C=O) groups is 3. The predicted molar refractivity (Wildman–Crippen MR) is 174 cm³/mol. The lowest BCUT2D eigenvalue weighted by Gasteiger charge is -2.16. The highest BCUT2D eigenvalue weighted by atomic mass is 35.5. The molecule has 1 unspecified atom stereocenters. The van der Waals surface area contributed by atoms with Crippen molar-refractivity contribution in [3.05, 3.63) is 70.8 Å². The number of benzene rings is 2. The Balaban J connectivity index is 1.49. The van der Waals surface area contributed by atoms with Crippen LogP contribution >= 0.6 is 11.6 Å². The first kappa shape index (κ1) is 37.9. The first-order valence-electron chi connectivity index (χ1n) is 15.9. The monoisotopic (exact) mass is 715 g/mol. The molecule has 2 aromatic carbocycles. The summed E-state index contributed by atoms with van der Waals surface area (Å²) in [6.07, 6.45) is 0.111. The Kier molecular flexibility index (Phi) is 14.2. The molecule has 0 radical (unpaired) electrons. The van der Waals surface area contributed by atoms with Gasteiger partial charge in [0.25, 0.3) is 0 Å². The lowest BCUT2D eigenvalue weighted by atomic mass is 9.98. The lowest BCUT2D eigenvalue weighted by Crippen LogP contribution is -2.24. The molecule has 0 aliphatic heterocycles. The fourth-order valence-corrected chi connectivity index (χ4v) is 5.02. The summed E-state index contributed by atoms with van der Waals surface area (Å²) < 4.78 is 21.9. The van der Waals surface area contributed by atoms with Gasteiger partial charge in [-0.15, -0.1) is 10.2 Å². The third-order valence-corrected chi connectivity index (χ3v) is 7.33. The first-order chi connectivity index (χ1) is 24.1. The summed E-state index contributed by atoms with van der Waals surface area (Å²) in [6.45, 7) is 5.49. The summed E-state index contributed by atoms with van der Waals surface area (Å²) in [7, 11) is 0. The molecule has 0 amide bonds. The van der Waals surface area contributed by atoms with E-state index in [0.29, 0.717) is 30.7 Å². The predicted octanol–water partition coefficient (Wildman–Crippen LogP) is 5.70. The number of halogens is 1. The molecule has 2 aromatic heterocycles.